The van der Waals surface area contributed by atoms with E-state index in [-0.39, 0.29) is 18.7 Å². The van der Waals surface area contributed by atoms with Crippen LogP contribution >= 0.6 is 0 Å². The summed E-state index contributed by atoms with van der Waals surface area (Å²) < 4.78 is 40.6. The lowest BCUT2D eigenvalue weighted by molar-refractivity contribution is -0.187. The van der Waals surface area contributed by atoms with Crippen molar-refractivity contribution in [2.45, 2.75) is 51.9 Å². The lowest BCUT2D eigenvalue weighted by Gasteiger charge is -2.35. The third-order valence-electron chi connectivity index (χ3n) is 4.74. The Labute approximate surface area is 126 Å². The van der Waals surface area contributed by atoms with Gasteiger partial charge in [-0.05, 0) is 26.2 Å². The molecule has 1 aliphatic heterocycles. The third kappa shape index (κ3) is 2.83. The topological polar surface area (TPSA) is 51.0 Å². The number of hydrogen-bond acceptors (Lipinski definition) is 3. The number of halogens is 3. The fraction of sp³-hybridized carbons (Fsp3) is 0.786. The zero-order valence-electron chi connectivity index (χ0n) is 12.4. The Morgan fingerprint density at radius 1 is 1.23 bits per heavy atom. The van der Waals surface area contributed by atoms with E-state index >= 15 is 0 Å². The first-order valence-electron chi connectivity index (χ1n) is 7.60. The van der Waals surface area contributed by atoms with Crippen molar-refractivity contribution in [1.29, 1.82) is 0 Å². The summed E-state index contributed by atoms with van der Waals surface area (Å²) in [6, 6.07) is 0. The molecule has 1 aromatic rings. The second-order valence-electron chi connectivity index (χ2n) is 6.18. The molecule has 0 bridgehead atoms. The molecule has 5 nitrogen and oxygen atoms in total. The molecule has 0 N–H and O–H groups in total. The van der Waals surface area contributed by atoms with Gasteiger partial charge in [0.05, 0.1) is 12.5 Å². The number of alkyl halides is 3. The summed E-state index contributed by atoms with van der Waals surface area (Å²) in [5.74, 6) is -0.514. The minimum atomic E-state index is -4.20. The highest BCUT2D eigenvalue weighted by molar-refractivity contribution is 5.79. The number of aromatic nitrogens is 3. The van der Waals surface area contributed by atoms with Crippen LogP contribution in [0.15, 0.2) is 0 Å². The standard InChI is InChI=1S/C14H19F3N4O/c1-9-18-19-12-8-20(5-6-21(9)12)13(22)10-3-2-4-11(7-10)14(15,16)17/h10-11H,2-8H2,1H3. The van der Waals surface area contributed by atoms with Gasteiger partial charge in [-0.15, -0.1) is 10.2 Å². The minimum Gasteiger partial charge on any atom is -0.333 e. The Balaban J connectivity index is 1.67. The summed E-state index contributed by atoms with van der Waals surface area (Å²) in [6.07, 6.45) is -3.12. The average Bonchev–Trinajstić information content (AvgIpc) is 2.87. The van der Waals surface area contributed by atoms with E-state index in [2.05, 4.69) is 10.2 Å². The predicted molar refractivity (Wildman–Crippen MR) is 71.7 cm³/mol. The molecule has 2 heterocycles. The highest BCUT2D eigenvalue weighted by Gasteiger charge is 2.44. The van der Waals surface area contributed by atoms with Gasteiger partial charge in [-0.25, -0.2) is 0 Å². The van der Waals surface area contributed by atoms with Gasteiger partial charge in [-0.2, -0.15) is 13.2 Å². The van der Waals surface area contributed by atoms with Crippen molar-refractivity contribution in [2.24, 2.45) is 11.8 Å². The molecule has 1 fully saturated rings. The SMILES string of the molecule is Cc1nnc2n1CCN(C(=O)C1CCCC(C(F)(F)F)C1)C2. The molecule has 122 valence electrons. The second-order valence-corrected chi connectivity index (χ2v) is 6.18. The zero-order chi connectivity index (χ0) is 15.9. The van der Waals surface area contributed by atoms with Gasteiger partial charge in [0.25, 0.3) is 0 Å². The summed E-state index contributed by atoms with van der Waals surface area (Å²) >= 11 is 0. The van der Waals surface area contributed by atoms with Gasteiger partial charge >= 0.3 is 6.18 Å². The van der Waals surface area contributed by atoms with Gasteiger partial charge in [-0.3, -0.25) is 4.79 Å². The van der Waals surface area contributed by atoms with E-state index < -0.39 is 18.0 Å². The van der Waals surface area contributed by atoms with Crippen molar-refractivity contribution in [3.63, 3.8) is 0 Å². The van der Waals surface area contributed by atoms with Crippen LogP contribution in [0, 0.1) is 18.8 Å². The van der Waals surface area contributed by atoms with Gasteiger partial charge in [-0.1, -0.05) is 6.42 Å². The largest absolute Gasteiger partial charge is 0.391 e. The Hall–Kier alpha value is -1.60. The summed E-state index contributed by atoms with van der Waals surface area (Å²) in [5, 5.41) is 8.00. The fourth-order valence-corrected chi connectivity index (χ4v) is 3.46. The van der Waals surface area contributed by atoms with Crippen molar-refractivity contribution in [2.75, 3.05) is 6.54 Å². The smallest absolute Gasteiger partial charge is 0.333 e. The van der Waals surface area contributed by atoms with Crippen LogP contribution in [0.4, 0.5) is 13.2 Å². The molecule has 1 saturated carbocycles. The average molecular weight is 316 g/mol. The molecular weight excluding hydrogens is 297 g/mol. The summed E-state index contributed by atoms with van der Waals surface area (Å²) in [7, 11) is 0. The summed E-state index contributed by atoms with van der Waals surface area (Å²) in [4.78, 5) is 14.2. The van der Waals surface area contributed by atoms with Crippen LogP contribution < -0.4 is 0 Å². The quantitative estimate of drug-likeness (QED) is 0.799. The maximum atomic E-state index is 12.9. The molecule has 1 aliphatic carbocycles. The lowest BCUT2D eigenvalue weighted by Crippen LogP contribution is -2.44. The van der Waals surface area contributed by atoms with Gasteiger partial charge in [0.15, 0.2) is 5.82 Å². The summed E-state index contributed by atoms with van der Waals surface area (Å²) in [5.41, 5.74) is 0. The van der Waals surface area contributed by atoms with Crippen molar-refractivity contribution >= 4 is 5.91 Å². The van der Waals surface area contributed by atoms with Gasteiger partial charge in [0.1, 0.15) is 5.82 Å². The molecular formula is C14H19F3N4O. The molecule has 22 heavy (non-hydrogen) atoms. The van der Waals surface area contributed by atoms with Gasteiger partial charge in [0.2, 0.25) is 5.91 Å². The molecule has 3 rings (SSSR count). The number of aryl methyl sites for hydroxylation is 1. The fourth-order valence-electron chi connectivity index (χ4n) is 3.46. The number of carbonyl (C=O) groups excluding carboxylic acids is 1. The lowest BCUT2D eigenvalue weighted by atomic mass is 9.80. The first kappa shape index (κ1) is 15.3. The monoisotopic (exact) mass is 316 g/mol. The minimum absolute atomic E-state index is 0.0788. The van der Waals surface area contributed by atoms with Crippen molar-refractivity contribution in [1.82, 2.24) is 19.7 Å². The van der Waals surface area contributed by atoms with E-state index in [1.165, 1.54) is 0 Å². The maximum absolute atomic E-state index is 12.9. The highest BCUT2D eigenvalue weighted by Crippen LogP contribution is 2.40. The molecule has 0 aromatic carbocycles. The molecule has 2 unspecified atom stereocenters. The molecule has 8 heteroatoms. The van der Waals surface area contributed by atoms with Crippen LogP contribution in [0.25, 0.3) is 0 Å². The van der Waals surface area contributed by atoms with Crippen LogP contribution in [-0.4, -0.2) is 38.3 Å². The first-order valence-corrected chi connectivity index (χ1v) is 7.60. The number of rotatable bonds is 1. The summed E-state index contributed by atoms with van der Waals surface area (Å²) in [6.45, 7) is 3.31. The molecule has 2 atom stereocenters. The molecule has 0 saturated heterocycles. The third-order valence-corrected chi connectivity index (χ3v) is 4.74. The molecule has 0 radical (unpaired) electrons. The molecule has 0 spiro atoms. The van der Waals surface area contributed by atoms with Gasteiger partial charge in [0, 0.05) is 19.0 Å². The van der Waals surface area contributed by atoms with Crippen molar-refractivity contribution in [3.8, 4) is 0 Å². The maximum Gasteiger partial charge on any atom is 0.391 e. The van der Waals surface area contributed by atoms with E-state index in [4.69, 9.17) is 0 Å². The van der Waals surface area contributed by atoms with Crippen LogP contribution in [0.1, 0.15) is 37.3 Å². The Kier molecular flexibility index (Phi) is 3.86. The van der Waals surface area contributed by atoms with Crippen LogP contribution in [0.5, 0.6) is 0 Å². The number of nitrogens with zero attached hydrogens (tertiary/aromatic N) is 4. The number of carbonyl (C=O) groups is 1. The van der Waals surface area contributed by atoms with Crippen LogP contribution in [0.2, 0.25) is 0 Å². The number of fused-ring (bicyclic) bond motifs is 1. The first-order chi connectivity index (χ1) is 10.4. The Morgan fingerprint density at radius 3 is 2.73 bits per heavy atom. The Morgan fingerprint density at radius 2 is 2.00 bits per heavy atom. The van der Waals surface area contributed by atoms with Crippen LogP contribution in [0.3, 0.4) is 0 Å². The van der Waals surface area contributed by atoms with Crippen molar-refractivity contribution < 1.29 is 18.0 Å². The van der Waals surface area contributed by atoms with E-state index in [1.54, 1.807) is 4.90 Å². The zero-order valence-corrected chi connectivity index (χ0v) is 12.4. The normalized spacial score (nSPS) is 25.9. The van der Waals surface area contributed by atoms with Crippen molar-refractivity contribution in [3.05, 3.63) is 11.6 Å². The molecule has 1 amide bonds. The van der Waals surface area contributed by atoms with E-state index in [0.29, 0.717) is 38.3 Å². The van der Waals surface area contributed by atoms with Crippen LogP contribution in [-0.2, 0) is 17.9 Å². The molecule has 2 aliphatic rings. The van der Waals surface area contributed by atoms with E-state index in [1.807, 2.05) is 11.5 Å². The molecule has 1 aromatic heterocycles. The number of amides is 1. The van der Waals surface area contributed by atoms with E-state index in [9.17, 15) is 18.0 Å². The number of hydrogen-bond donors (Lipinski definition) is 0. The van der Waals surface area contributed by atoms with E-state index in [0.717, 1.165) is 5.82 Å². The highest BCUT2D eigenvalue weighted by atomic mass is 19.4. The predicted octanol–water partition coefficient (Wildman–Crippen LogP) is 2.30. The van der Waals surface area contributed by atoms with Gasteiger partial charge < -0.3 is 9.47 Å². The second kappa shape index (κ2) is 5.55. The Bertz CT molecular complexity index is 569.